The van der Waals surface area contributed by atoms with Gasteiger partial charge < -0.3 is 24.6 Å². The Labute approximate surface area is 191 Å². The summed E-state index contributed by atoms with van der Waals surface area (Å²) in [6.07, 6.45) is 0. The third kappa shape index (κ3) is 6.47. The molecule has 0 bridgehead atoms. The van der Waals surface area contributed by atoms with Crippen LogP contribution in [0.3, 0.4) is 0 Å². The highest BCUT2D eigenvalue weighted by atomic mass is 16.5. The molecular weight excluding hydrogens is 404 g/mol. The Morgan fingerprint density at radius 3 is 2.47 bits per heavy atom. The van der Waals surface area contributed by atoms with Gasteiger partial charge in [0.05, 0.1) is 32.8 Å². The van der Waals surface area contributed by atoms with Gasteiger partial charge >= 0.3 is 0 Å². The molecule has 2 aromatic carbocycles. The lowest BCUT2D eigenvalue weighted by atomic mass is 9.97. The maximum atomic E-state index is 13.3. The standard InChI is InChI=1S/C25H34N4O3/c1-4-26-25(28(2)19-20-10-12-22(31-3)13-11-20)27-18-23(21-8-6-5-7-9-21)24(30)29-14-16-32-17-15-29/h5-13,23H,4,14-19H2,1-3H3,(H,26,27). The molecule has 1 aliphatic rings. The van der Waals surface area contributed by atoms with Crippen LogP contribution >= 0.6 is 0 Å². The molecule has 1 atom stereocenters. The molecule has 0 radical (unpaired) electrons. The summed E-state index contributed by atoms with van der Waals surface area (Å²) in [5.74, 6) is 1.40. The van der Waals surface area contributed by atoms with Crippen molar-refractivity contribution in [1.82, 2.24) is 15.1 Å². The minimum absolute atomic E-state index is 0.108. The second-order valence-corrected chi connectivity index (χ2v) is 7.80. The van der Waals surface area contributed by atoms with E-state index in [0.717, 1.165) is 29.4 Å². The molecule has 0 aromatic heterocycles. The summed E-state index contributed by atoms with van der Waals surface area (Å²) in [6, 6.07) is 17.9. The number of ether oxygens (including phenoxy) is 2. The predicted octanol–water partition coefficient (Wildman–Crippen LogP) is 2.74. The number of nitrogens with zero attached hydrogens (tertiary/aromatic N) is 3. The van der Waals surface area contributed by atoms with Gasteiger partial charge in [-0.25, -0.2) is 0 Å². The van der Waals surface area contributed by atoms with Crippen LogP contribution in [0.4, 0.5) is 0 Å². The van der Waals surface area contributed by atoms with Crippen molar-refractivity contribution in [2.24, 2.45) is 4.99 Å². The van der Waals surface area contributed by atoms with Crippen LogP contribution in [0.15, 0.2) is 59.6 Å². The van der Waals surface area contributed by atoms with E-state index >= 15 is 0 Å². The number of carbonyl (C=O) groups is 1. The zero-order valence-corrected chi connectivity index (χ0v) is 19.3. The van der Waals surface area contributed by atoms with E-state index < -0.39 is 0 Å². The summed E-state index contributed by atoms with van der Waals surface area (Å²) in [5, 5.41) is 3.36. The maximum absolute atomic E-state index is 13.3. The molecule has 32 heavy (non-hydrogen) atoms. The van der Waals surface area contributed by atoms with Gasteiger partial charge in [-0.15, -0.1) is 0 Å². The topological polar surface area (TPSA) is 66.4 Å². The zero-order chi connectivity index (χ0) is 22.8. The average molecular weight is 439 g/mol. The fraction of sp³-hybridized carbons (Fsp3) is 0.440. The Hall–Kier alpha value is -3.06. The first-order valence-corrected chi connectivity index (χ1v) is 11.2. The van der Waals surface area contributed by atoms with Crippen LogP contribution in [0.25, 0.3) is 0 Å². The molecule has 1 aliphatic heterocycles. The van der Waals surface area contributed by atoms with Gasteiger partial charge in [0.25, 0.3) is 0 Å². The second kappa shape index (κ2) is 12.1. The largest absolute Gasteiger partial charge is 0.497 e. The first-order valence-electron chi connectivity index (χ1n) is 11.2. The Balaban J connectivity index is 1.76. The predicted molar refractivity (Wildman–Crippen MR) is 127 cm³/mol. The van der Waals surface area contributed by atoms with Gasteiger partial charge in [0.2, 0.25) is 5.91 Å². The molecule has 7 nitrogen and oxygen atoms in total. The highest BCUT2D eigenvalue weighted by Crippen LogP contribution is 2.20. The van der Waals surface area contributed by atoms with E-state index in [1.807, 2.05) is 73.5 Å². The number of aliphatic imine (C=N–C) groups is 1. The molecule has 3 rings (SSSR count). The highest BCUT2D eigenvalue weighted by molar-refractivity contribution is 5.85. The van der Waals surface area contributed by atoms with Crippen LogP contribution in [0.5, 0.6) is 5.75 Å². The minimum atomic E-state index is -0.322. The molecule has 1 N–H and O–H groups in total. The van der Waals surface area contributed by atoms with Crippen molar-refractivity contribution in [1.29, 1.82) is 0 Å². The number of benzene rings is 2. The van der Waals surface area contributed by atoms with Crippen molar-refractivity contribution in [3.63, 3.8) is 0 Å². The van der Waals surface area contributed by atoms with Crippen molar-refractivity contribution in [3.05, 3.63) is 65.7 Å². The molecule has 1 heterocycles. The van der Waals surface area contributed by atoms with E-state index in [2.05, 4.69) is 10.2 Å². The van der Waals surface area contributed by atoms with Crippen LogP contribution in [0.1, 0.15) is 24.0 Å². The van der Waals surface area contributed by atoms with E-state index in [0.29, 0.717) is 39.4 Å². The van der Waals surface area contributed by atoms with E-state index in [4.69, 9.17) is 14.5 Å². The zero-order valence-electron chi connectivity index (χ0n) is 19.3. The molecule has 172 valence electrons. The van der Waals surface area contributed by atoms with E-state index in [1.54, 1.807) is 7.11 Å². The number of nitrogens with one attached hydrogen (secondary N) is 1. The lowest BCUT2D eigenvalue weighted by molar-refractivity contribution is -0.136. The van der Waals surface area contributed by atoms with Crippen molar-refractivity contribution < 1.29 is 14.3 Å². The quantitative estimate of drug-likeness (QED) is 0.507. The SMILES string of the molecule is CCNC(=NCC(C(=O)N1CCOCC1)c1ccccc1)N(C)Cc1ccc(OC)cc1. The summed E-state index contributed by atoms with van der Waals surface area (Å²) in [4.78, 5) is 22.2. The van der Waals surface area contributed by atoms with Crippen LogP contribution in [-0.4, -0.2) is 75.2 Å². The van der Waals surface area contributed by atoms with Crippen LogP contribution in [-0.2, 0) is 16.1 Å². The number of methoxy groups -OCH3 is 1. The second-order valence-electron chi connectivity index (χ2n) is 7.80. The van der Waals surface area contributed by atoms with Gasteiger partial charge in [0.15, 0.2) is 5.96 Å². The Morgan fingerprint density at radius 1 is 1.16 bits per heavy atom. The maximum Gasteiger partial charge on any atom is 0.232 e. The first-order chi connectivity index (χ1) is 15.6. The number of morpholine rings is 1. The lowest BCUT2D eigenvalue weighted by Gasteiger charge is -2.30. The summed E-state index contributed by atoms with van der Waals surface area (Å²) >= 11 is 0. The van der Waals surface area contributed by atoms with Crippen molar-refractivity contribution >= 4 is 11.9 Å². The number of hydrogen-bond donors (Lipinski definition) is 1. The molecule has 1 amide bonds. The third-order valence-corrected chi connectivity index (χ3v) is 5.52. The summed E-state index contributed by atoms with van der Waals surface area (Å²) in [5.41, 5.74) is 2.14. The molecule has 0 aliphatic carbocycles. The fourth-order valence-corrected chi connectivity index (χ4v) is 3.74. The average Bonchev–Trinajstić information content (AvgIpc) is 2.85. The number of amides is 1. The van der Waals surface area contributed by atoms with Gasteiger partial charge in [0.1, 0.15) is 5.75 Å². The van der Waals surface area contributed by atoms with Gasteiger partial charge in [-0.1, -0.05) is 42.5 Å². The number of carbonyl (C=O) groups excluding carboxylic acids is 1. The van der Waals surface area contributed by atoms with Gasteiger partial charge in [-0.3, -0.25) is 9.79 Å². The normalized spacial score (nSPS) is 15.2. The van der Waals surface area contributed by atoms with Crippen molar-refractivity contribution in [3.8, 4) is 5.75 Å². The molecule has 0 saturated carbocycles. The molecule has 2 aromatic rings. The summed E-state index contributed by atoms with van der Waals surface area (Å²) < 4.78 is 10.7. The fourth-order valence-electron chi connectivity index (χ4n) is 3.74. The van der Waals surface area contributed by atoms with E-state index in [-0.39, 0.29) is 11.8 Å². The monoisotopic (exact) mass is 438 g/mol. The summed E-state index contributed by atoms with van der Waals surface area (Å²) in [7, 11) is 3.67. The number of rotatable bonds is 8. The Kier molecular flexibility index (Phi) is 8.92. The van der Waals surface area contributed by atoms with Gasteiger partial charge in [0, 0.05) is 33.2 Å². The third-order valence-electron chi connectivity index (χ3n) is 5.52. The van der Waals surface area contributed by atoms with Crippen molar-refractivity contribution in [2.45, 2.75) is 19.4 Å². The van der Waals surface area contributed by atoms with Gasteiger partial charge in [-0.05, 0) is 30.2 Å². The smallest absolute Gasteiger partial charge is 0.232 e. The summed E-state index contributed by atoms with van der Waals surface area (Å²) in [6.45, 7) is 6.31. The molecule has 0 spiro atoms. The van der Waals surface area contributed by atoms with Crippen LogP contribution < -0.4 is 10.1 Å². The molecule has 1 fully saturated rings. The number of guanidine groups is 1. The first kappa shape index (κ1) is 23.6. The Morgan fingerprint density at radius 2 is 1.84 bits per heavy atom. The minimum Gasteiger partial charge on any atom is -0.497 e. The van der Waals surface area contributed by atoms with Crippen LogP contribution in [0, 0.1) is 0 Å². The van der Waals surface area contributed by atoms with Crippen LogP contribution in [0.2, 0.25) is 0 Å². The Bertz CT molecular complexity index is 865. The highest BCUT2D eigenvalue weighted by Gasteiger charge is 2.27. The van der Waals surface area contributed by atoms with Gasteiger partial charge in [-0.2, -0.15) is 0 Å². The lowest BCUT2D eigenvalue weighted by Crippen LogP contribution is -2.44. The van der Waals surface area contributed by atoms with E-state index in [1.165, 1.54) is 0 Å². The van der Waals surface area contributed by atoms with Crippen molar-refractivity contribution in [2.75, 3.05) is 53.6 Å². The molecule has 7 heteroatoms. The van der Waals surface area contributed by atoms with E-state index in [9.17, 15) is 4.79 Å². The molecule has 1 unspecified atom stereocenters. The molecular formula is C25H34N4O3. The molecule has 1 saturated heterocycles. The number of hydrogen-bond acceptors (Lipinski definition) is 4.